The first-order valence-corrected chi connectivity index (χ1v) is 8.96. The standard InChI is InChI=1S/C17H21N3O3S/c1-2-23-15(21)17(11-13-7-4-3-5-8-13)9-6-10-20(17)12-14-18-19-16(22)24-14/h3-5,7-8H,2,6,9-12H2,1H3,(H,19,22)/t17-/m1/s1. The van der Waals surface area contributed by atoms with E-state index in [-0.39, 0.29) is 10.8 Å². The second-order valence-electron chi connectivity index (χ2n) is 5.95. The normalized spacial score (nSPS) is 21.0. The highest BCUT2D eigenvalue weighted by atomic mass is 32.1. The summed E-state index contributed by atoms with van der Waals surface area (Å²) < 4.78 is 5.41. The molecule has 3 rings (SSSR count). The second-order valence-corrected chi connectivity index (χ2v) is 6.99. The lowest BCUT2D eigenvalue weighted by Gasteiger charge is -2.36. The van der Waals surface area contributed by atoms with Crippen molar-refractivity contribution in [1.82, 2.24) is 15.1 Å². The first-order chi connectivity index (χ1) is 11.6. The molecule has 1 saturated heterocycles. The molecule has 1 aliphatic rings. The van der Waals surface area contributed by atoms with Crippen molar-refractivity contribution in [2.24, 2.45) is 0 Å². The highest BCUT2D eigenvalue weighted by Gasteiger charge is 2.48. The number of nitrogens with one attached hydrogen (secondary N) is 1. The van der Waals surface area contributed by atoms with Gasteiger partial charge in [0.05, 0.1) is 13.2 Å². The zero-order chi connectivity index (χ0) is 17.0. The lowest BCUT2D eigenvalue weighted by molar-refractivity contribution is -0.156. The number of likely N-dealkylation sites (tertiary alicyclic amines) is 1. The van der Waals surface area contributed by atoms with E-state index in [1.807, 2.05) is 37.3 Å². The van der Waals surface area contributed by atoms with Crippen molar-refractivity contribution >= 4 is 17.3 Å². The fraction of sp³-hybridized carbons (Fsp3) is 0.471. The minimum absolute atomic E-state index is 0.172. The van der Waals surface area contributed by atoms with Crippen LogP contribution >= 0.6 is 11.3 Å². The van der Waals surface area contributed by atoms with Gasteiger partial charge in [-0.15, -0.1) is 0 Å². The maximum atomic E-state index is 12.8. The van der Waals surface area contributed by atoms with E-state index >= 15 is 0 Å². The van der Waals surface area contributed by atoms with E-state index in [1.165, 1.54) is 0 Å². The maximum Gasteiger partial charge on any atom is 0.326 e. The molecule has 1 aliphatic heterocycles. The molecular formula is C17H21N3O3S. The van der Waals surface area contributed by atoms with E-state index in [4.69, 9.17) is 4.74 Å². The van der Waals surface area contributed by atoms with E-state index < -0.39 is 5.54 Å². The third-order valence-corrected chi connectivity index (χ3v) is 5.16. The Labute approximate surface area is 144 Å². The second kappa shape index (κ2) is 7.27. The number of aromatic amines is 1. The van der Waals surface area contributed by atoms with Crippen LogP contribution in [-0.2, 0) is 22.5 Å². The van der Waals surface area contributed by atoms with Crippen LogP contribution in [0.4, 0.5) is 0 Å². The van der Waals surface area contributed by atoms with Gasteiger partial charge in [0.15, 0.2) is 0 Å². The average Bonchev–Trinajstić information content (AvgIpc) is 3.16. The summed E-state index contributed by atoms with van der Waals surface area (Å²) in [5.74, 6) is -0.186. The number of hydrogen-bond acceptors (Lipinski definition) is 6. The molecular weight excluding hydrogens is 326 g/mol. The molecule has 128 valence electrons. The Bertz CT molecular complexity index is 743. The zero-order valence-corrected chi connectivity index (χ0v) is 14.5. The summed E-state index contributed by atoms with van der Waals surface area (Å²) in [4.78, 5) is 26.1. The Morgan fingerprint density at radius 1 is 1.42 bits per heavy atom. The van der Waals surface area contributed by atoms with Crippen molar-refractivity contribution in [3.05, 3.63) is 50.6 Å². The van der Waals surface area contributed by atoms with Gasteiger partial charge in [-0.1, -0.05) is 41.7 Å². The molecule has 24 heavy (non-hydrogen) atoms. The van der Waals surface area contributed by atoms with Crippen LogP contribution in [0.2, 0.25) is 0 Å². The van der Waals surface area contributed by atoms with Crippen LogP contribution in [0.15, 0.2) is 35.1 Å². The van der Waals surface area contributed by atoms with Crippen molar-refractivity contribution < 1.29 is 9.53 Å². The molecule has 2 heterocycles. The summed E-state index contributed by atoms with van der Waals surface area (Å²) >= 11 is 1.09. The quantitative estimate of drug-likeness (QED) is 0.809. The molecule has 0 spiro atoms. The highest BCUT2D eigenvalue weighted by Crippen LogP contribution is 2.35. The lowest BCUT2D eigenvalue weighted by Crippen LogP contribution is -2.52. The number of benzene rings is 1. The molecule has 0 amide bonds. The SMILES string of the molecule is CCOC(=O)[C@]1(Cc2ccccc2)CCCN1Cc1n[nH]c(=O)s1. The number of carbonyl (C=O) groups is 1. The lowest BCUT2D eigenvalue weighted by atomic mass is 9.88. The summed E-state index contributed by atoms with van der Waals surface area (Å²) in [7, 11) is 0. The smallest absolute Gasteiger partial charge is 0.326 e. The number of esters is 1. The van der Waals surface area contributed by atoms with Gasteiger partial charge in [0.25, 0.3) is 0 Å². The Morgan fingerprint density at radius 3 is 2.88 bits per heavy atom. The molecule has 1 aromatic heterocycles. The third-order valence-electron chi connectivity index (χ3n) is 4.43. The van der Waals surface area contributed by atoms with Gasteiger partial charge in [-0.25, -0.2) is 5.10 Å². The molecule has 1 aromatic carbocycles. The minimum atomic E-state index is -0.688. The van der Waals surface area contributed by atoms with Gasteiger partial charge >= 0.3 is 10.8 Å². The fourth-order valence-corrected chi connectivity index (χ4v) is 3.98. The zero-order valence-electron chi connectivity index (χ0n) is 13.7. The van der Waals surface area contributed by atoms with Gasteiger partial charge in [-0.3, -0.25) is 14.5 Å². The van der Waals surface area contributed by atoms with Crippen LogP contribution in [0.25, 0.3) is 0 Å². The summed E-state index contributed by atoms with van der Waals surface area (Å²) in [5, 5.41) is 7.19. The number of rotatable bonds is 6. The molecule has 0 bridgehead atoms. The number of nitrogens with zero attached hydrogens (tertiary/aromatic N) is 2. The largest absolute Gasteiger partial charge is 0.465 e. The molecule has 6 nitrogen and oxygen atoms in total. The van der Waals surface area contributed by atoms with E-state index in [0.717, 1.165) is 36.3 Å². The molecule has 1 fully saturated rings. The summed E-state index contributed by atoms with van der Waals surface area (Å²) in [6.07, 6.45) is 2.27. The molecule has 0 radical (unpaired) electrons. The van der Waals surface area contributed by atoms with Crippen molar-refractivity contribution in [2.45, 2.75) is 38.3 Å². The fourth-order valence-electron chi connectivity index (χ4n) is 3.36. The van der Waals surface area contributed by atoms with Gasteiger partial charge in [-0.2, -0.15) is 5.10 Å². The maximum absolute atomic E-state index is 12.8. The van der Waals surface area contributed by atoms with Crippen molar-refractivity contribution in [3.63, 3.8) is 0 Å². The predicted molar refractivity (Wildman–Crippen MR) is 91.9 cm³/mol. The number of ether oxygens (including phenoxy) is 1. The minimum Gasteiger partial charge on any atom is -0.465 e. The van der Waals surface area contributed by atoms with Crippen LogP contribution in [-0.4, -0.2) is 39.8 Å². The topological polar surface area (TPSA) is 75.3 Å². The van der Waals surface area contributed by atoms with Gasteiger partial charge in [-0.05, 0) is 31.9 Å². The molecule has 0 saturated carbocycles. The molecule has 0 aliphatic carbocycles. The first kappa shape index (κ1) is 16.9. The van der Waals surface area contributed by atoms with E-state index in [0.29, 0.717) is 24.6 Å². The first-order valence-electron chi connectivity index (χ1n) is 8.14. The third kappa shape index (κ3) is 3.42. The highest BCUT2D eigenvalue weighted by molar-refractivity contribution is 7.08. The van der Waals surface area contributed by atoms with Crippen molar-refractivity contribution in [2.75, 3.05) is 13.2 Å². The molecule has 0 unspecified atom stereocenters. The summed E-state index contributed by atoms with van der Waals surface area (Å²) in [6.45, 7) is 3.46. The molecule has 1 atom stereocenters. The molecule has 7 heteroatoms. The molecule has 2 aromatic rings. The Kier molecular flexibility index (Phi) is 5.11. The van der Waals surface area contributed by atoms with Crippen LogP contribution in [0.1, 0.15) is 30.3 Å². The van der Waals surface area contributed by atoms with E-state index in [1.54, 1.807) is 0 Å². The van der Waals surface area contributed by atoms with Gasteiger partial charge < -0.3 is 4.74 Å². The number of hydrogen-bond donors (Lipinski definition) is 1. The monoisotopic (exact) mass is 347 g/mol. The van der Waals surface area contributed by atoms with Gasteiger partial charge in [0, 0.05) is 6.42 Å². The van der Waals surface area contributed by atoms with Crippen LogP contribution < -0.4 is 4.87 Å². The van der Waals surface area contributed by atoms with Crippen LogP contribution in [0, 0.1) is 0 Å². The van der Waals surface area contributed by atoms with Crippen molar-refractivity contribution in [3.8, 4) is 0 Å². The Morgan fingerprint density at radius 2 is 2.21 bits per heavy atom. The average molecular weight is 347 g/mol. The van der Waals surface area contributed by atoms with Crippen LogP contribution in [0.5, 0.6) is 0 Å². The van der Waals surface area contributed by atoms with Crippen LogP contribution in [0.3, 0.4) is 0 Å². The predicted octanol–water partition coefficient (Wildman–Crippen LogP) is 1.97. The Hall–Kier alpha value is -1.99. The van der Waals surface area contributed by atoms with Gasteiger partial charge in [0.2, 0.25) is 0 Å². The Balaban J connectivity index is 1.89. The number of aromatic nitrogens is 2. The van der Waals surface area contributed by atoms with Crippen molar-refractivity contribution in [1.29, 1.82) is 0 Å². The van der Waals surface area contributed by atoms with E-state index in [9.17, 15) is 9.59 Å². The number of carbonyl (C=O) groups excluding carboxylic acids is 1. The summed E-state index contributed by atoms with van der Waals surface area (Å²) in [6, 6.07) is 9.99. The molecule has 1 N–H and O–H groups in total. The van der Waals surface area contributed by atoms with E-state index in [2.05, 4.69) is 15.1 Å². The van der Waals surface area contributed by atoms with Gasteiger partial charge in [0.1, 0.15) is 10.5 Å². The number of H-pyrrole nitrogens is 1. The summed E-state index contributed by atoms with van der Waals surface area (Å²) in [5.41, 5.74) is 0.416.